The van der Waals surface area contributed by atoms with Gasteiger partial charge in [0.1, 0.15) is 17.5 Å². The van der Waals surface area contributed by atoms with Crippen molar-refractivity contribution in [3.8, 4) is 0 Å². The quantitative estimate of drug-likeness (QED) is 0.738. The molecule has 1 amide bonds. The van der Waals surface area contributed by atoms with Crippen molar-refractivity contribution >= 4 is 5.91 Å². The molecule has 0 spiro atoms. The number of amides is 1. The van der Waals surface area contributed by atoms with Crippen molar-refractivity contribution in [1.82, 2.24) is 25.3 Å². The van der Waals surface area contributed by atoms with Crippen LogP contribution < -0.4 is 5.32 Å². The third-order valence-electron chi connectivity index (χ3n) is 6.47. The molecule has 0 saturated carbocycles. The molecule has 6 nitrogen and oxygen atoms in total. The van der Waals surface area contributed by atoms with E-state index in [9.17, 15) is 18.0 Å². The molecule has 0 unspecified atom stereocenters. The van der Waals surface area contributed by atoms with Gasteiger partial charge in [-0.1, -0.05) is 0 Å². The summed E-state index contributed by atoms with van der Waals surface area (Å²) in [6.45, 7) is 3.85. The molecule has 9 heteroatoms. The lowest BCUT2D eigenvalue weighted by Crippen LogP contribution is -2.48. The monoisotopic (exact) mass is 447 g/mol. The van der Waals surface area contributed by atoms with Gasteiger partial charge in [0.05, 0.1) is 6.20 Å². The van der Waals surface area contributed by atoms with Gasteiger partial charge >= 0.3 is 0 Å². The first kappa shape index (κ1) is 22.7. The number of carbonyl (C=O) groups is 1. The van der Waals surface area contributed by atoms with Gasteiger partial charge in [0.25, 0.3) is 0 Å². The number of hydrogen-bond donors (Lipinski definition) is 1. The van der Waals surface area contributed by atoms with Crippen LogP contribution in [-0.4, -0.2) is 58.1 Å². The fourth-order valence-electron chi connectivity index (χ4n) is 4.56. The summed E-state index contributed by atoms with van der Waals surface area (Å²) in [5.41, 5.74) is 0.971. The number of hydrogen-bond acceptors (Lipinski definition) is 5. The van der Waals surface area contributed by atoms with Crippen molar-refractivity contribution in [2.75, 3.05) is 26.2 Å². The zero-order valence-corrected chi connectivity index (χ0v) is 17.9. The molecule has 1 aromatic heterocycles. The van der Waals surface area contributed by atoms with Gasteiger partial charge < -0.3 is 10.2 Å². The summed E-state index contributed by atoms with van der Waals surface area (Å²) in [6, 6.07) is 3.42. The number of nitrogens with zero attached hydrogens (tertiary/aromatic N) is 4. The highest BCUT2D eigenvalue weighted by atomic mass is 19.1. The lowest BCUT2D eigenvalue weighted by Gasteiger charge is -2.37. The smallest absolute Gasteiger partial charge is 0.225 e. The Labute approximate surface area is 185 Å². The van der Waals surface area contributed by atoms with Crippen molar-refractivity contribution in [2.24, 2.45) is 5.92 Å². The highest BCUT2D eigenvalue weighted by Gasteiger charge is 2.31. The maximum atomic E-state index is 13.8. The second kappa shape index (κ2) is 10.4. The van der Waals surface area contributed by atoms with Crippen LogP contribution >= 0.6 is 0 Å². The second-order valence-electron chi connectivity index (χ2n) is 8.63. The Morgan fingerprint density at radius 3 is 2.31 bits per heavy atom. The van der Waals surface area contributed by atoms with E-state index in [1.807, 2.05) is 11.0 Å². The van der Waals surface area contributed by atoms with E-state index >= 15 is 0 Å². The minimum atomic E-state index is -0.921. The molecule has 1 N–H and O–H groups in total. The maximum Gasteiger partial charge on any atom is 0.225 e. The van der Waals surface area contributed by atoms with E-state index in [0.717, 1.165) is 50.9 Å². The normalized spacial score (nSPS) is 18.8. The lowest BCUT2D eigenvalue weighted by atomic mass is 9.93. The van der Waals surface area contributed by atoms with E-state index in [1.54, 1.807) is 12.4 Å². The Kier molecular flexibility index (Phi) is 7.36. The molecule has 2 aromatic rings. The average molecular weight is 448 g/mol. The van der Waals surface area contributed by atoms with Crippen LogP contribution in [0.1, 0.15) is 36.8 Å². The summed E-state index contributed by atoms with van der Waals surface area (Å²) in [5.74, 6) is -2.42. The molecular weight excluding hydrogens is 419 g/mol. The zero-order valence-electron chi connectivity index (χ0n) is 17.9. The summed E-state index contributed by atoms with van der Waals surface area (Å²) < 4.78 is 40.7. The predicted octanol–water partition coefficient (Wildman–Crippen LogP) is 2.89. The molecule has 2 fully saturated rings. The van der Waals surface area contributed by atoms with Gasteiger partial charge in [-0.05, 0) is 50.4 Å². The Morgan fingerprint density at radius 2 is 1.69 bits per heavy atom. The van der Waals surface area contributed by atoms with Crippen LogP contribution in [0, 0.1) is 23.4 Å². The molecule has 0 atom stereocenters. The Balaban J connectivity index is 1.20. The number of halogens is 3. The molecule has 0 bridgehead atoms. The zero-order chi connectivity index (χ0) is 22.5. The molecule has 2 saturated heterocycles. The van der Waals surface area contributed by atoms with Gasteiger partial charge in [-0.15, -0.1) is 0 Å². The topological polar surface area (TPSA) is 61.4 Å². The third-order valence-corrected chi connectivity index (χ3v) is 6.47. The summed E-state index contributed by atoms with van der Waals surface area (Å²) >= 11 is 0. The molecule has 1 aromatic carbocycles. The number of aromatic nitrogens is 2. The van der Waals surface area contributed by atoms with E-state index in [-0.39, 0.29) is 30.0 Å². The molecule has 2 aliphatic heterocycles. The van der Waals surface area contributed by atoms with Gasteiger partial charge in [-0.2, -0.15) is 10.2 Å². The summed E-state index contributed by atoms with van der Waals surface area (Å²) in [4.78, 5) is 17.2. The number of benzene rings is 1. The predicted molar refractivity (Wildman–Crippen MR) is 113 cm³/mol. The maximum absolute atomic E-state index is 13.8. The van der Waals surface area contributed by atoms with Crippen LogP contribution in [-0.2, 0) is 17.9 Å². The van der Waals surface area contributed by atoms with Crippen LogP contribution in [0.2, 0.25) is 0 Å². The molecule has 172 valence electrons. The molecule has 2 aliphatic rings. The molecule has 32 heavy (non-hydrogen) atoms. The van der Waals surface area contributed by atoms with Crippen LogP contribution in [0.4, 0.5) is 13.2 Å². The van der Waals surface area contributed by atoms with E-state index in [2.05, 4.69) is 20.4 Å². The first-order valence-electron chi connectivity index (χ1n) is 11.1. The highest BCUT2D eigenvalue weighted by Crippen LogP contribution is 2.23. The van der Waals surface area contributed by atoms with Gasteiger partial charge in [0.2, 0.25) is 5.91 Å². The summed E-state index contributed by atoms with van der Waals surface area (Å²) in [5, 5.41) is 10.9. The fraction of sp³-hybridized carbons (Fsp3) is 0.522. The van der Waals surface area contributed by atoms with Crippen LogP contribution in [0.5, 0.6) is 0 Å². The molecule has 4 rings (SSSR count). The van der Waals surface area contributed by atoms with E-state index in [0.29, 0.717) is 25.2 Å². The fourth-order valence-corrected chi connectivity index (χ4v) is 4.56. The second-order valence-corrected chi connectivity index (χ2v) is 8.63. The Bertz CT molecular complexity index is 890. The number of carbonyl (C=O) groups excluding carboxylic acids is 1. The standard InChI is InChI=1S/C23H28F3N5O/c24-18-11-21(25)20(22(26)12-18)14-27-19-4-9-31(10-5-19)23(32)17-2-7-30(8-3-17)15-16-1-6-28-29-13-16/h1,6,11-13,17,19,27H,2-5,7-10,14-15H2. The first-order chi connectivity index (χ1) is 15.5. The molecule has 0 radical (unpaired) electrons. The first-order valence-corrected chi connectivity index (χ1v) is 11.1. The van der Waals surface area contributed by atoms with Crippen LogP contribution in [0.15, 0.2) is 30.6 Å². The van der Waals surface area contributed by atoms with Crippen molar-refractivity contribution < 1.29 is 18.0 Å². The third kappa shape index (κ3) is 5.63. The minimum Gasteiger partial charge on any atom is -0.342 e. The largest absolute Gasteiger partial charge is 0.342 e. The van der Waals surface area contributed by atoms with Crippen molar-refractivity contribution in [2.45, 2.75) is 44.8 Å². The van der Waals surface area contributed by atoms with E-state index in [1.165, 1.54) is 0 Å². The molecular formula is C23H28F3N5O. The highest BCUT2D eigenvalue weighted by molar-refractivity contribution is 5.79. The van der Waals surface area contributed by atoms with Gasteiger partial charge in [-0.3, -0.25) is 9.69 Å². The Morgan fingerprint density at radius 1 is 1.00 bits per heavy atom. The summed E-state index contributed by atoms with van der Waals surface area (Å²) in [7, 11) is 0. The van der Waals surface area contributed by atoms with Crippen molar-refractivity contribution in [1.29, 1.82) is 0 Å². The minimum absolute atomic E-state index is 0.00200. The number of piperidine rings is 2. The van der Waals surface area contributed by atoms with Gasteiger partial charge in [0, 0.05) is 62.0 Å². The Hall–Kier alpha value is -2.52. The van der Waals surface area contributed by atoms with Crippen molar-refractivity contribution in [3.63, 3.8) is 0 Å². The number of rotatable bonds is 6. The van der Waals surface area contributed by atoms with E-state index < -0.39 is 17.5 Å². The van der Waals surface area contributed by atoms with Crippen molar-refractivity contribution in [3.05, 3.63) is 59.2 Å². The van der Waals surface area contributed by atoms with Gasteiger partial charge in [0.15, 0.2) is 0 Å². The number of likely N-dealkylation sites (tertiary alicyclic amines) is 2. The molecule has 0 aliphatic carbocycles. The summed E-state index contributed by atoms with van der Waals surface area (Å²) in [6.07, 6.45) is 6.61. The van der Waals surface area contributed by atoms with Gasteiger partial charge in [-0.25, -0.2) is 13.2 Å². The SMILES string of the molecule is O=C(C1CCN(Cc2ccnnc2)CC1)N1CCC(NCc2c(F)cc(F)cc2F)CC1. The van der Waals surface area contributed by atoms with Crippen LogP contribution in [0.25, 0.3) is 0 Å². The van der Waals surface area contributed by atoms with E-state index in [4.69, 9.17) is 0 Å². The van der Waals surface area contributed by atoms with Crippen LogP contribution in [0.3, 0.4) is 0 Å². The molecule has 3 heterocycles. The lowest BCUT2D eigenvalue weighted by molar-refractivity contribution is -0.138. The average Bonchev–Trinajstić information content (AvgIpc) is 2.79. The number of nitrogens with one attached hydrogen (secondary N) is 1.